The molecule has 2 atom stereocenters. The molecule has 2 aliphatic rings. The molecular formula is C15H21N3O. The molecule has 102 valence electrons. The molecule has 1 aromatic rings. The van der Waals surface area contributed by atoms with Crippen LogP contribution in [0.25, 0.3) is 0 Å². The maximum absolute atomic E-state index is 12.0. The van der Waals surface area contributed by atoms with E-state index in [1.54, 1.807) is 25.1 Å². The molecule has 1 saturated carbocycles. The van der Waals surface area contributed by atoms with Gasteiger partial charge in [0.15, 0.2) is 0 Å². The smallest absolute Gasteiger partial charge is 0.272 e. The molecule has 1 saturated heterocycles. The van der Waals surface area contributed by atoms with Crippen LogP contribution in [0.4, 0.5) is 5.82 Å². The predicted molar refractivity (Wildman–Crippen MR) is 75.3 cm³/mol. The molecule has 1 aromatic heterocycles. The first-order valence-electron chi connectivity index (χ1n) is 7.07. The summed E-state index contributed by atoms with van der Waals surface area (Å²) in [6, 6.07) is 5.76. The third-order valence-corrected chi connectivity index (χ3v) is 4.29. The van der Waals surface area contributed by atoms with Gasteiger partial charge < -0.3 is 9.80 Å². The van der Waals surface area contributed by atoms with Crippen LogP contribution >= 0.6 is 0 Å². The number of aromatic nitrogens is 1. The molecule has 0 unspecified atom stereocenters. The zero-order valence-electron chi connectivity index (χ0n) is 11.7. The molecule has 4 nitrogen and oxygen atoms in total. The summed E-state index contributed by atoms with van der Waals surface area (Å²) in [5, 5.41) is 0. The van der Waals surface area contributed by atoms with Gasteiger partial charge in [0.2, 0.25) is 0 Å². The number of carbonyl (C=O) groups excluding carboxylic acids is 1. The number of hydrogen-bond acceptors (Lipinski definition) is 3. The van der Waals surface area contributed by atoms with Crippen molar-refractivity contribution in [1.82, 2.24) is 9.88 Å². The molecule has 2 bridgehead atoms. The van der Waals surface area contributed by atoms with Gasteiger partial charge >= 0.3 is 0 Å². The number of piperidine rings is 1. The molecule has 0 spiro atoms. The van der Waals surface area contributed by atoms with Gasteiger partial charge in [-0.1, -0.05) is 6.07 Å². The van der Waals surface area contributed by atoms with E-state index in [9.17, 15) is 4.79 Å². The molecule has 1 aliphatic heterocycles. The van der Waals surface area contributed by atoms with Gasteiger partial charge in [0.1, 0.15) is 11.5 Å². The summed E-state index contributed by atoms with van der Waals surface area (Å²) in [6.45, 7) is 2.20. The van der Waals surface area contributed by atoms with E-state index < -0.39 is 0 Å². The van der Waals surface area contributed by atoms with E-state index in [0.29, 0.717) is 5.69 Å². The number of carbonyl (C=O) groups is 1. The largest absolute Gasteiger partial charge is 0.356 e. The van der Waals surface area contributed by atoms with Crippen molar-refractivity contribution in [1.29, 1.82) is 0 Å². The number of pyridine rings is 1. The zero-order chi connectivity index (χ0) is 13.4. The molecule has 3 rings (SSSR count). The second-order valence-corrected chi connectivity index (χ2v) is 6.03. The van der Waals surface area contributed by atoms with Gasteiger partial charge in [0, 0.05) is 27.2 Å². The Balaban J connectivity index is 1.81. The van der Waals surface area contributed by atoms with E-state index in [4.69, 9.17) is 0 Å². The molecule has 2 heterocycles. The molecule has 19 heavy (non-hydrogen) atoms. The fourth-order valence-electron chi connectivity index (χ4n) is 3.34. The van der Waals surface area contributed by atoms with Gasteiger partial charge in [-0.05, 0) is 43.2 Å². The van der Waals surface area contributed by atoms with Crippen LogP contribution in [0.1, 0.15) is 29.8 Å². The third-order valence-electron chi connectivity index (χ3n) is 4.29. The lowest BCUT2D eigenvalue weighted by Crippen LogP contribution is -2.37. The molecule has 1 amide bonds. The fourth-order valence-corrected chi connectivity index (χ4v) is 3.34. The minimum atomic E-state index is -0.0261. The van der Waals surface area contributed by atoms with E-state index in [-0.39, 0.29) is 5.91 Å². The van der Waals surface area contributed by atoms with Crippen LogP contribution in [0.15, 0.2) is 18.2 Å². The first-order valence-corrected chi connectivity index (χ1v) is 7.07. The quantitative estimate of drug-likeness (QED) is 0.815. The lowest BCUT2D eigenvalue weighted by atomic mass is 9.99. The van der Waals surface area contributed by atoms with Gasteiger partial charge in [0.25, 0.3) is 5.91 Å². The van der Waals surface area contributed by atoms with Crippen molar-refractivity contribution in [3.05, 3.63) is 23.9 Å². The highest BCUT2D eigenvalue weighted by molar-refractivity contribution is 5.92. The summed E-state index contributed by atoms with van der Waals surface area (Å²) in [6.07, 6.45) is 4.10. The molecule has 0 aromatic carbocycles. The summed E-state index contributed by atoms with van der Waals surface area (Å²) in [5.74, 6) is 2.59. The summed E-state index contributed by atoms with van der Waals surface area (Å²) in [5.41, 5.74) is 0.542. The van der Waals surface area contributed by atoms with Gasteiger partial charge in [-0.15, -0.1) is 0 Å². The molecule has 2 fully saturated rings. The zero-order valence-corrected chi connectivity index (χ0v) is 11.7. The van der Waals surface area contributed by atoms with Crippen LogP contribution in [0.3, 0.4) is 0 Å². The number of hydrogen-bond donors (Lipinski definition) is 0. The van der Waals surface area contributed by atoms with Crippen LogP contribution < -0.4 is 4.90 Å². The van der Waals surface area contributed by atoms with Crippen LogP contribution in [-0.2, 0) is 0 Å². The SMILES string of the molecule is CN(C)C(=O)c1cccc(N2C[C@@H]3CC[C@@H](C3)C2)n1. The Morgan fingerprint density at radius 3 is 2.58 bits per heavy atom. The van der Waals surface area contributed by atoms with Crippen molar-refractivity contribution in [3.63, 3.8) is 0 Å². The second-order valence-electron chi connectivity index (χ2n) is 6.03. The van der Waals surface area contributed by atoms with Gasteiger partial charge in [-0.2, -0.15) is 0 Å². The molecule has 0 N–H and O–H groups in total. The van der Waals surface area contributed by atoms with Gasteiger partial charge in [0.05, 0.1) is 0 Å². The predicted octanol–water partition coefficient (Wildman–Crippen LogP) is 2.02. The highest BCUT2D eigenvalue weighted by Crippen LogP contribution is 2.37. The maximum Gasteiger partial charge on any atom is 0.272 e. The van der Waals surface area contributed by atoms with E-state index >= 15 is 0 Å². The number of rotatable bonds is 2. The van der Waals surface area contributed by atoms with Crippen molar-refractivity contribution in [2.45, 2.75) is 19.3 Å². The minimum absolute atomic E-state index is 0.0261. The summed E-state index contributed by atoms with van der Waals surface area (Å²) >= 11 is 0. The third kappa shape index (κ3) is 2.44. The van der Waals surface area contributed by atoms with Gasteiger partial charge in [-0.25, -0.2) is 4.98 Å². The Kier molecular flexibility index (Phi) is 3.17. The van der Waals surface area contributed by atoms with Crippen LogP contribution in [0.2, 0.25) is 0 Å². The molecular weight excluding hydrogens is 238 g/mol. The topological polar surface area (TPSA) is 36.4 Å². The first kappa shape index (κ1) is 12.5. The number of anilines is 1. The molecule has 0 radical (unpaired) electrons. The highest BCUT2D eigenvalue weighted by Gasteiger charge is 2.33. The Labute approximate surface area is 114 Å². The Morgan fingerprint density at radius 2 is 1.95 bits per heavy atom. The summed E-state index contributed by atoms with van der Waals surface area (Å²) in [7, 11) is 3.52. The highest BCUT2D eigenvalue weighted by atomic mass is 16.2. The van der Waals surface area contributed by atoms with Crippen molar-refractivity contribution in [2.75, 3.05) is 32.1 Å². The lowest BCUT2D eigenvalue weighted by Gasteiger charge is -2.32. The monoisotopic (exact) mass is 259 g/mol. The van der Waals surface area contributed by atoms with E-state index in [2.05, 4.69) is 9.88 Å². The summed E-state index contributed by atoms with van der Waals surface area (Å²) < 4.78 is 0. The number of nitrogens with zero attached hydrogens (tertiary/aromatic N) is 3. The van der Waals surface area contributed by atoms with E-state index in [1.165, 1.54) is 19.3 Å². The molecule has 1 aliphatic carbocycles. The van der Waals surface area contributed by atoms with E-state index in [0.717, 1.165) is 30.7 Å². The van der Waals surface area contributed by atoms with Crippen molar-refractivity contribution in [2.24, 2.45) is 11.8 Å². The van der Waals surface area contributed by atoms with E-state index in [1.807, 2.05) is 12.1 Å². The lowest BCUT2D eigenvalue weighted by molar-refractivity contribution is 0.0822. The average molecular weight is 259 g/mol. The Bertz CT molecular complexity index is 474. The van der Waals surface area contributed by atoms with Gasteiger partial charge in [-0.3, -0.25) is 4.79 Å². The van der Waals surface area contributed by atoms with Crippen LogP contribution in [0.5, 0.6) is 0 Å². The normalized spacial score (nSPS) is 25.5. The number of amides is 1. The average Bonchev–Trinajstić information content (AvgIpc) is 2.76. The number of fused-ring (bicyclic) bond motifs is 2. The van der Waals surface area contributed by atoms with Crippen molar-refractivity contribution in [3.8, 4) is 0 Å². The summed E-state index contributed by atoms with van der Waals surface area (Å²) in [4.78, 5) is 20.4. The van der Waals surface area contributed by atoms with Crippen molar-refractivity contribution < 1.29 is 4.79 Å². The van der Waals surface area contributed by atoms with Crippen LogP contribution in [-0.4, -0.2) is 43.0 Å². The second kappa shape index (κ2) is 4.83. The first-order chi connectivity index (χ1) is 9.13. The molecule has 4 heteroatoms. The fraction of sp³-hybridized carbons (Fsp3) is 0.600. The maximum atomic E-state index is 12.0. The van der Waals surface area contributed by atoms with Crippen molar-refractivity contribution >= 4 is 11.7 Å². The Hall–Kier alpha value is -1.58. The van der Waals surface area contributed by atoms with Crippen LogP contribution in [0, 0.1) is 11.8 Å². The Morgan fingerprint density at radius 1 is 1.26 bits per heavy atom. The minimum Gasteiger partial charge on any atom is -0.356 e. The standard InChI is InChI=1S/C15H21N3O/c1-17(2)15(19)13-4-3-5-14(16-13)18-9-11-6-7-12(8-11)10-18/h3-5,11-12H,6-10H2,1-2H3/t11-,12+.